The van der Waals surface area contributed by atoms with Gasteiger partial charge in [0.05, 0.1) is 4.92 Å². The summed E-state index contributed by atoms with van der Waals surface area (Å²) in [5, 5.41) is 14.3. The van der Waals surface area contributed by atoms with Crippen LogP contribution in [0.4, 0.5) is 11.4 Å². The van der Waals surface area contributed by atoms with Crippen LogP contribution < -0.4 is 10.2 Å². The first-order valence-electron chi connectivity index (χ1n) is 9.75. The number of rotatable bonds is 7. The number of carbonyl (C=O) groups excluding carboxylic acids is 2. The molecule has 0 bridgehead atoms. The Bertz CT molecular complexity index is 911. The molecular formula is C21H23ClN4O4. The third-order valence-corrected chi connectivity index (χ3v) is 5.25. The molecule has 0 aliphatic carbocycles. The molecule has 1 N–H and O–H groups in total. The second-order valence-corrected chi connectivity index (χ2v) is 7.45. The molecule has 0 unspecified atom stereocenters. The molecule has 1 aliphatic rings. The lowest BCUT2D eigenvalue weighted by molar-refractivity contribution is -0.384. The molecule has 1 aliphatic heterocycles. The molecule has 0 saturated carbocycles. The van der Waals surface area contributed by atoms with Crippen LogP contribution in [0.25, 0.3) is 0 Å². The number of hydrogen-bond acceptors (Lipinski definition) is 5. The summed E-state index contributed by atoms with van der Waals surface area (Å²) in [6, 6.07) is 13.2. The van der Waals surface area contributed by atoms with Gasteiger partial charge < -0.3 is 15.1 Å². The van der Waals surface area contributed by atoms with Gasteiger partial charge in [0.1, 0.15) is 0 Å². The largest absolute Gasteiger partial charge is 0.368 e. The highest BCUT2D eigenvalue weighted by Crippen LogP contribution is 2.22. The van der Waals surface area contributed by atoms with Gasteiger partial charge in [0.25, 0.3) is 11.6 Å². The minimum absolute atomic E-state index is 0.0504. The Morgan fingerprint density at radius 3 is 2.43 bits per heavy atom. The molecule has 0 radical (unpaired) electrons. The van der Waals surface area contributed by atoms with Gasteiger partial charge in [-0.05, 0) is 36.8 Å². The highest BCUT2D eigenvalue weighted by Gasteiger charge is 2.22. The summed E-state index contributed by atoms with van der Waals surface area (Å²) >= 11 is 5.81. The van der Waals surface area contributed by atoms with Crippen molar-refractivity contribution in [3.63, 3.8) is 0 Å². The van der Waals surface area contributed by atoms with Crippen LogP contribution in [0.2, 0.25) is 5.02 Å². The third-order valence-electron chi connectivity index (χ3n) is 5.00. The van der Waals surface area contributed by atoms with E-state index in [4.69, 9.17) is 11.6 Å². The van der Waals surface area contributed by atoms with Crippen LogP contribution in [-0.2, 0) is 4.79 Å². The zero-order valence-electron chi connectivity index (χ0n) is 16.4. The van der Waals surface area contributed by atoms with Crippen molar-refractivity contribution in [3.8, 4) is 0 Å². The Kier molecular flexibility index (Phi) is 7.24. The predicted molar refractivity (Wildman–Crippen MR) is 115 cm³/mol. The summed E-state index contributed by atoms with van der Waals surface area (Å²) in [4.78, 5) is 38.8. The Labute approximate surface area is 179 Å². The van der Waals surface area contributed by atoms with E-state index in [-0.39, 0.29) is 17.5 Å². The number of non-ortho nitro benzene ring substituents is 1. The minimum Gasteiger partial charge on any atom is -0.368 e. The van der Waals surface area contributed by atoms with E-state index in [9.17, 15) is 19.7 Å². The number of nitro groups is 1. The number of halogens is 1. The number of piperazine rings is 1. The molecule has 2 aromatic carbocycles. The van der Waals surface area contributed by atoms with Gasteiger partial charge in [-0.15, -0.1) is 0 Å². The van der Waals surface area contributed by atoms with Gasteiger partial charge in [0.2, 0.25) is 5.91 Å². The van der Waals surface area contributed by atoms with Gasteiger partial charge in [-0.25, -0.2) is 0 Å². The van der Waals surface area contributed by atoms with Crippen LogP contribution in [0.5, 0.6) is 0 Å². The van der Waals surface area contributed by atoms with Crippen LogP contribution in [0.1, 0.15) is 23.2 Å². The van der Waals surface area contributed by atoms with E-state index in [0.29, 0.717) is 56.2 Å². The van der Waals surface area contributed by atoms with Gasteiger partial charge in [-0.1, -0.05) is 17.7 Å². The van der Waals surface area contributed by atoms with E-state index >= 15 is 0 Å². The van der Waals surface area contributed by atoms with E-state index in [2.05, 4.69) is 5.32 Å². The number of benzene rings is 2. The number of nitro benzene ring substituents is 1. The number of nitrogens with one attached hydrogen (secondary N) is 1. The summed E-state index contributed by atoms with van der Waals surface area (Å²) in [6.07, 6.45) is 0.918. The van der Waals surface area contributed by atoms with Crippen molar-refractivity contribution in [2.45, 2.75) is 12.8 Å². The molecule has 9 heteroatoms. The number of amides is 2. The minimum atomic E-state index is -0.408. The van der Waals surface area contributed by atoms with E-state index in [1.54, 1.807) is 41.3 Å². The van der Waals surface area contributed by atoms with Crippen LogP contribution in [-0.4, -0.2) is 54.4 Å². The van der Waals surface area contributed by atoms with Crippen LogP contribution >= 0.6 is 11.6 Å². The van der Waals surface area contributed by atoms with Crippen molar-refractivity contribution in [1.82, 2.24) is 10.2 Å². The van der Waals surface area contributed by atoms with Gasteiger partial charge in [0, 0.05) is 67.6 Å². The van der Waals surface area contributed by atoms with Crippen molar-refractivity contribution in [1.29, 1.82) is 0 Å². The highest BCUT2D eigenvalue weighted by molar-refractivity contribution is 6.30. The Hall–Kier alpha value is -3.13. The number of anilines is 1. The molecule has 2 aromatic rings. The first-order valence-corrected chi connectivity index (χ1v) is 10.1. The smallest absolute Gasteiger partial charge is 0.271 e. The predicted octanol–water partition coefficient (Wildman–Crippen LogP) is 3.11. The fourth-order valence-corrected chi connectivity index (χ4v) is 3.45. The van der Waals surface area contributed by atoms with Crippen molar-refractivity contribution < 1.29 is 14.5 Å². The van der Waals surface area contributed by atoms with Gasteiger partial charge in [-0.2, -0.15) is 0 Å². The molecular weight excluding hydrogens is 408 g/mol. The topological polar surface area (TPSA) is 95.8 Å². The summed E-state index contributed by atoms with van der Waals surface area (Å²) in [7, 11) is 0. The molecule has 0 spiro atoms. The normalized spacial score (nSPS) is 13.8. The molecule has 0 aromatic heterocycles. The molecule has 3 rings (SSSR count). The molecule has 30 heavy (non-hydrogen) atoms. The first-order chi connectivity index (χ1) is 14.4. The van der Waals surface area contributed by atoms with Gasteiger partial charge >= 0.3 is 0 Å². The Morgan fingerprint density at radius 2 is 1.77 bits per heavy atom. The van der Waals surface area contributed by atoms with Crippen molar-refractivity contribution >= 4 is 34.8 Å². The maximum atomic E-state index is 12.4. The molecule has 158 valence electrons. The summed E-state index contributed by atoms with van der Waals surface area (Å²) in [5.41, 5.74) is 1.39. The van der Waals surface area contributed by atoms with E-state index in [0.717, 1.165) is 5.69 Å². The second kappa shape index (κ2) is 10.1. The van der Waals surface area contributed by atoms with Crippen molar-refractivity contribution in [2.75, 3.05) is 37.6 Å². The third kappa shape index (κ3) is 5.70. The molecule has 1 fully saturated rings. The van der Waals surface area contributed by atoms with Gasteiger partial charge in [0.15, 0.2) is 0 Å². The van der Waals surface area contributed by atoms with Crippen LogP contribution in [0.3, 0.4) is 0 Å². The van der Waals surface area contributed by atoms with Crippen molar-refractivity contribution in [2.24, 2.45) is 0 Å². The average molecular weight is 431 g/mol. The fraction of sp³-hybridized carbons (Fsp3) is 0.333. The molecule has 1 saturated heterocycles. The SMILES string of the molecule is O=C(NCCCC(=O)N1CCN(c2cccc([N+](=O)[O-])c2)CC1)c1ccc(Cl)cc1. The lowest BCUT2D eigenvalue weighted by atomic mass is 10.2. The average Bonchev–Trinajstić information content (AvgIpc) is 2.77. The lowest BCUT2D eigenvalue weighted by Gasteiger charge is -2.36. The number of nitrogens with zero attached hydrogens (tertiary/aromatic N) is 3. The zero-order valence-corrected chi connectivity index (χ0v) is 17.2. The maximum Gasteiger partial charge on any atom is 0.271 e. The number of hydrogen-bond donors (Lipinski definition) is 1. The molecule has 1 heterocycles. The quantitative estimate of drug-likeness (QED) is 0.413. The second-order valence-electron chi connectivity index (χ2n) is 7.01. The number of carbonyl (C=O) groups is 2. The molecule has 8 nitrogen and oxygen atoms in total. The Balaban J connectivity index is 1.39. The monoisotopic (exact) mass is 430 g/mol. The molecule has 2 amide bonds. The lowest BCUT2D eigenvalue weighted by Crippen LogP contribution is -2.48. The maximum absolute atomic E-state index is 12.4. The summed E-state index contributed by atoms with van der Waals surface area (Å²) < 4.78 is 0. The van der Waals surface area contributed by atoms with Gasteiger partial charge in [-0.3, -0.25) is 19.7 Å². The Morgan fingerprint density at radius 1 is 1.07 bits per heavy atom. The van der Waals surface area contributed by atoms with Crippen molar-refractivity contribution in [3.05, 3.63) is 69.2 Å². The molecule has 0 atom stereocenters. The fourth-order valence-electron chi connectivity index (χ4n) is 3.32. The zero-order chi connectivity index (χ0) is 21.5. The highest BCUT2D eigenvalue weighted by atomic mass is 35.5. The van der Waals surface area contributed by atoms with E-state index < -0.39 is 4.92 Å². The standard InChI is InChI=1S/C21H23ClN4O4/c22-17-8-6-16(7-9-17)21(28)23-10-2-5-20(27)25-13-11-24(12-14-25)18-3-1-4-19(15-18)26(29)30/h1,3-4,6-9,15H,2,5,10-14H2,(H,23,28). The van der Waals surface area contributed by atoms with Crippen LogP contribution in [0.15, 0.2) is 48.5 Å². The van der Waals surface area contributed by atoms with E-state index in [1.807, 2.05) is 11.0 Å². The van der Waals surface area contributed by atoms with Crippen LogP contribution in [0, 0.1) is 10.1 Å². The first kappa shape index (κ1) is 21.6. The summed E-state index contributed by atoms with van der Waals surface area (Å²) in [6.45, 7) is 2.80. The van der Waals surface area contributed by atoms with E-state index in [1.165, 1.54) is 6.07 Å². The summed E-state index contributed by atoms with van der Waals surface area (Å²) in [5.74, 6) is -0.140.